The minimum Gasteiger partial charge on any atom is -0.423 e. The first-order valence-corrected chi connectivity index (χ1v) is 8.35. The Bertz CT molecular complexity index is 996. The van der Waals surface area contributed by atoms with Crippen molar-refractivity contribution >= 4 is 22.6 Å². The van der Waals surface area contributed by atoms with Gasteiger partial charge in [-0.25, -0.2) is 4.79 Å². The first-order valence-electron chi connectivity index (χ1n) is 8.35. The van der Waals surface area contributed by atoms with Crippen molar-refractivity contribution in [1.82, 2.24) is 9.88 Å². The summed E-state index contributed by atoms with van der Waals surface area (Å²) in [5.74, 6) is -0.0981. The van der Waals surface area contributed by atoms with Crippen LogP contribution in [-0.2, 0) is 11.3 Å². The molecule has 3 rings (SSSR count). The predicted molar refractivity (Wildman–Crippen MR) is 101 cm³/mol. The van der Waals surface area contributed by atoms with Gasteiger partial charge in [-0.05, 0) is 61.9 Å². The number of hydrogen-bond acceptors (Lipinski definition) is 5. The number of hydrogen-bond donors (Lipinski definition) is 1. The van der Waals surface area contributed by atoms with Crippen molar-refractivity contribution in [1.29, 1.82) is 0 Å². The zero-order chi connectivity index (χ0) is 18.7. The number of aryl methyl sites for hydroxylation is 2. The van der Waals surface area contributed by atoms with Crippen LogP contribution in [0.2, 0.25) is 0 Å². The van der Waals surface area contributed by atoms with Gasteiger partial charge in [-0.2, -0.15) is 0 Å². The van der Waals surface area contributed by atoms with E-state index in [1.54, 1.807) is 18.5 Å². The maximum absolute atomic E-state index is 12.4. The summed E-state index contributed by atoms with van der Waals surface area (Å²) in [5, 5.41) is 3.76. The highest BCUT2D eigenvalue weighted by atomic mass is 16.4. The molecule has 26 heavy (non-hydrogen) atoms. The Labute approximate surface area is 151 Å². The molecule has 0 unspecified atom stereocenters. The molecule has 0 bridgehead atoms. The van der Waals surface area contributed by atoms with Crippen molar-refractivity contribution < 1.29 is 9.21 Å². The molecule has 1 aromatic carbocycles. The van der Waals surface area contributed by atoms with Gasteiger partial charge in [0.1, 0.15) is 5.58 Å². The number of benzene rings is 1. The van der Waals surface area contributed by atoms with Gasteiger partial charge in [0.05, 0.1) is 6.54 Å². The molecule has 134 valence electrons. The number of carbonyl (C=O) groups excluding carboxylic acids is 1. The van der Waals surface area contributed by atoms with Crippen LogP contribution in [0.5, 0.6) is 0 Å². The Morgan fingerprint density at radius 1 is 1.15 bits per heavy atom. The van der Waals surface area contributed by atoms with Gasteiger partial charge in [0.25, 0.3) is 0 Å². The number of nitrogens with one attached hydrogen (secondary N) is 1. The third kappa shape index (κ3) is 4.15. The summed E-state index contributed by atoms with van der Waals surface area (Å²) < 4.78 is 5.23. The number of likely N-dealkylation sites (N-methyl/N-ethyl adjacent to an activating group) is 1. The van der Waals surface area contributed by atoms with Gasteiger partial charge in [0.15, 0.2) is 0 Å². The number of pyridine rings is 1. The maximum Gasteiger partial charge on any atom is 0.336 e. The van der Waals surface area contributed by atoms with Crippen LogP contribution in [0, 0.1) is 13.8 Å². The SMILES string of the molecule is Cc1cc2oc(=O)cc(C)c2cc1NC(=O)CN(C)Cc1ccncc1. The lowest BCUT2D eigenvalue weighted by atomic mass is 10.1. The molecule has 0 spiro atoms. The third-order valence-electron chi connectivity index (χ3n) is 4.19. The molecular formula is C20H21N3O3. The summed E-state index contributed by atoms with van der Waals surface area (Å²) >= 11 is 0. The molecule has 2 heterocycles. The zero-order valence-electron chi connectivity index (χ0n) is 15.1. The second-order valence-electron chi connectivity index (χ2n) is 6.49. The van der Waals surface area contributed by atoms with E-state index in [1.807, 2.05) is 44.0 Å². The molecule has 0 radical (unpaired) electrons. The first-order chi connectivity index (χ1) is 12.4. The molecule has 0 atom stereocenters. The van der Waals surface area contributed by atoms with E-state index < -0.39 is 0 Å². The van der Waals surface area contributed by atoms with Crippen molar-refractivity contribution in [2.45, 2.75) is 20.4 Å². The van der Waals surface area contributed by atoms with Gasteiger partial charge in [-0.15, -0.1) is 0 Å². The maximum atomic E-state index is 12.4. The number of anilines is 1. The first kappa shape index (κ1) is 17.8. The molecule has 1 N–H and O–H groups in total. The lowest BCUT2D eigenvalue weighted by Gasteiger charge is -2.17. The summed E-state index contributed by atoms with van der Waals surface area (Å²) in [6, 6.07) is 8.94. The fourth-order valence-electron chi connectivity index (χ4n) is 2.89. The standard InChI is InChI=1S/C20H21N3O3/c1-13-9-20(25)26-18-8-14(2)17(10-16(13)18)22-19(24)12-23(3)11-15-4-6-21-7-5-15/h4-10H,11-12H2,1-3H3,(H,22,24). The summed E-state index contributed by atoms with van der Waals surface area (Å²) in [4.78, 5) is 29.8. The topological polar surface area (TPSA) is 75.4 Å². The van der Waals surface area contributed by atoms with Crippen molar-refractivity contribution in [3.8, 4) is 0 Å². The quantitative estimate of drug-likeness (QED) is 0.716. The van der Waals surface area contributed by atoms with Crippen molar-refractivity contribution in [3.05, 3.63) is 69.8 Å². The van der Waals surface area contributed by atoms with Gasteiger partial charge in [-0.1, -0.05) is 0 Å². The lowest BCUT2D eigenvalue weighted by Crippen LogP contribution is -2.30. The molecule has 0 aliphatic heterocycles. The fraction of sp³-hybridized carbons (Fsp3) is 0.250. The largest absolute Gasteiger partial charge is 0.423 e. The Balaban J connectivity index is 1.72. The molecule has 6 heteroatoms. The summed E-state index contributed by atoms with van der Waals surface area (Å²) in [7, 11) is 1.89. The van der Waals surface area contributed by atoms with Crippen LogP contribution < -0.4 is 10.9 Å². The monoisotopic (exact) mass is 351 g/mol. The van der Waals surface area contributed by atoms with Crippen LogP contribution in [0.1, 0.15) is 16.7 Å². The van der Waals surface area contributed by atoms with Gasteiger partial charge >= 0.3 is 5.63 Å². The van der Waals surface area contributed by atoms with Gasteiger partial charge in [0, 0.05) is 36.1 Å². The average molecular weight is 351 g/mol. The number of fused-ring (bicyclic) bond motifs is 1. The number of carbonyl (C=O) groups is 1. The lowest BCUT2D eigenvalue weighted by molar-refractivity contribution is -0.117. The van der Waals surface area contributed by atoms with E-state index in [0.29, 0.717) is 12.1 Å². The summed E-state index contributed by atoms with van der Waals surface area (Å²) in [5.41, 5.74) is 3.64. The van der Waals surface area contributed by atoms with Crippen molar-refractivity contribution in [3.63, 3.8) is 0 Å². The van der Waals surface area contributed by atoms with E-state index in [1.165, 1.54) is 6.07 Å². The number of rotatable bonds is 5. The molecule has 0 aliphatic carbocycles. The highest BCUT2D eigenvalue weighted by Gasteiger charge is 2.11. The van der Waals surface area contributed by atoms with E-state index in [4.69, 9.17) is 4.42 Å². The zero-order valence-corrected chi connectivity index (χ0v) is 15.1. The van der Waals surface area contributed by atoms with Crippen LogP contribution in [0.15, 0.2) is 51.9 Å². The summed E-state index contributed by atoms with van der Waals surface area (Å²) in [6.45, 7) is 4.65. The van der Waals surface area contributed by atoms with E-state index in [-0.39, 0.29) is 18.1 Å². The molecule has 1 amide bonds. The number of aromatic nitrogens is 1. The second-order valence-corrected chi connectivity index (χ2v) is 6.49. The van der Waals surface area contributed by atoms with Crippen LogP contribution in [0.3, 0.4) is 0 Å². The van der Waals surface area contributed by atoms with E-state index in [0.717, 1.165) is 27.8 Å². The van der Waals surface area contributed by atoms with Crippen molar-refractivity contribution in [2.75, 3.05) is 18.9 Å². The fourth-order valence-corrected chi connectivity index (χ4v) is 2.89. The molecule has 0 aliphatic rings. The summed E-state index contributed by atoms with van der Waals surface area (Å²) in [6.07, 6.45) is 3.48. The average Bonchev–Trinajstić information content (AvgIpc) is 2.56. The van der Waals surface area contributed by atoms with E-state index in [2.05, 4.69) is 10.3 Å². The normalized spacial score (nSPS) is 11.1. The number of nitrogens with zero attached hydrogens (tertiary/aromatic N) is 2. The predicted octanol–water partition coefficient (Wildman–Crippen LogP) is 2.88. The molecule has 2 aromatic heterocycles. The highest BCUT2D eigenvalue weighted by molar-refractivity contribution is 5.96. The highest BCUT2D eigenvalue weighted by Crippen LogP contribution is 2.25. The van der Waals surface area contributed by atoms with E-state index in [9.17, 15) is 9.59 Å². The van der Waals surface area contributed by atoms with Crippen LogP contribution in [-0.4, -0.2) is 29.4 Å². The van der Waals surface area contributed by atoms with Gasteiger partial charge < -0.3 is 9.73 Å². The molecular weight excluding hydrogens is 330 g/mol. The van der Waals surface area contributed by atoms with Crippen LogP contribution in [0.4, 0.5) is 5.69 Å². The Morgan fingerprint density at radius 3 is 2.62 bits per heavy atom. The molecule has 0 saturated heterocycles. The van der Waals surface area contributed by atoms with Crippen LogP contribution >= 0.6 is 0 Å². The van der Waals surface area contributed by atoms with Gasteiger partial charge in [-0.3, -0.25) is 14.7 Å². The van der Waals surface area contributed by atoms with E-state index >= 15 is 0 Å². The molecule has 3 aromatic rings. The Hall–Kier alpha value is -2.99. The minimum atomic E-state index is -0.371. The van der Waals surface area contributed by atoms with Crippen LogP contribution in [0.25, 0.3) is 11.0 Å². The Kier molecular flexibility index (Phi) is 5.14. The number of amides is 1. The molecule has 0 fully saturated rings. The Morgan fingerprint density at radius 2 is 1.88 bits per heavy atom. The molecule has 0 saturated carbocycles. The smallest absolute Gasteiger partial charge is 0.336 e. The molecule has 6 nitrogen and oxygen atoms in total. The van der Waals surface area contributed by atoms with Gasteiger partial charge in [0.2, 0.25) is 5.91 Å². The minimum absolute atomic E-state index is 0.0981. The third-order valence-corrected chi connectivity index (χ3v) is 4.19. The second kappa shape index (κ2) is 7.49. The van der Waals surface area contributed by atoms with Crippen molar-refractivity contribution in [2.24, 2.45) is 0 Å².